The summed E-state index contributed by atoms with van der Waals surface area (Å²) in [5, 5.41) is 20.6. The van der Waals surface area contributed by atoms with Gasteiger partial charge < -0.3 is 19.5 Å². The molecule has 1 amide bonds. The summed E-state index contributed by atoms with van der Waals surface area (Å²) in [5.41, 5.74) is 0.768. The van der Waals surface area contributed by atoms with E-state index >= 15 is 0 Å². The molecule has 182 valence electrons. The van der Waals surface area contributed by atoms with Gasteiger partial charge >= 0.3 is 0 Å². The molecule has 34 heavy (non-hydrogen) atoms. The Morgan fingerprint density at radius 1 is 1.21 bits per heavy atom. The maximum Gasteiger partial charge on any atom is 0.266 e. The molecule has 0 saturated heterocycles. The summed E-state index contributed by atoms with van der Waals surface area (Å²) in [6, 6.07) is 2.80. The number of aliphatic hydroxyl groups is 2. The number of aromatic nitrogens is 4. The molecule has 2 aromatic heterocycles. The number of imidazole rings is 1. The van der Waals surface area contributed by atoms with E-state index < -0.39 is 30.1 Å². The lowest BCUT2D eigenvalue weighted by molar-refractivity contribution is -0.261. The SMILES string of the molecule is Cc1nc2c(F)cc(-c3nc(NC(=O)[C@@H]4CCC[C@H](OC(O)O)C4)ncc3F)cc2n1C(C)C. The van der Waals surface area contributed by atoms with Gasteiger partial charge in [-0.1, -0.05) is 6.42 Å². The summed E-state index contributed by atoms with van der Waals surface area (Å²) >= 11 is 0. The first-order chi connectivity index (χ1) is 16.1. The number of aryl methyl sites for hydroxylation is 1. The Morgan fingerprint density at radius 3 is 2.68 bits per heavy atom. The molecule has 1 fully saturated rings. The standard InChI is InChI=1S/C23H27F2N5O4/c1-11(2)30-12(3)27-20-16(24)8-14(9-18(20)30)19-17(25)10-26-22(28-19)29-21(31)13-5-4-6-15(7-13)34-23(32)33/h8-11,13,15,23,32-33H,4-7H2,1-3H3,(H,26,28,29,31)/t13-,15+/m1/s1. The number of benzene rings is 1. The molecule has 11 heteroatoms. The number of carbonyl (C=O) groups is 1. The van der Waals surface area contributed by atoms with Crippen molar-refractivity contribution in [3.05, 3.63) is 35.8 Å². The van der Waals surface area contributed by atoms with Gasteiger partial charge in [-0.25, -0.2) is 23.7 Å². The van der Waals surface area contributed by atoms with E-state index in [9.17, 15) is 13.6 Å². The van der Waals surface area contributed by atoms with Crippen LogP contribution in [-0.4, -0.2) is 48.2 Å². The van der Waals surface area contributed by atoms with Gasteiger partial charge in [-0.15, -0.1) is 0 Å². The van der Waals surface area contributed by atoms with Crippen molar-refractivity contribution >= 4 is 22.9 Å². The van der Waals surface area contributed by atoms with E-state index in [1.54, 1.807) is 13.0 Å². The van der Waals surface area contributed by atoms with Crippen LogP contribution in [0.3, 0.4) is 0 Å². The fourth-order valence-electron chi connectivity index (χ4n) is 4.58. The van der Waals surface area contributed by atoms with Crippen molar-refractivity contribution in [2.24, 2.45) is 5.92 Å². The quantitative estimate of drug-likeness (QED) is 0.467. The number of fused-ring (bicyclic) bond motifs is 1. The number of aliphatic hydroxyl groups excluding tert-OH is 1. The summed E-state index contributed by atoms with van der Waals surface area (Å²) in [6.07, 6.45) is 2.64. The number of amides is 1. The Hall–Kier alpha value is -3.02. The van der Waals surface area contributed by atoms with Crippen LogP contribution in [0.4, 0.5) is 14.7 Å². The predicted molar refractivity (Wildman–Crippen MR) is 119 cm³/mol. The lowest BCUT2D eigenvalue weighted by Gasteiger charge is -2.28. The molecule has 2 heterocycles. The monoisotopic (exact) mass is 475 g/mol. The Kier molecular flexibility index (Phi) is 6.87. The zero-order valence-corrected chi connectivity index (χ0v) is 19.1. The van der Waals surface area contributed by atoms with E-state index in [0.717, 1.165) is 6.20 Å². The highest BCUT2D eigenvalue weighted by atomic mass is 19.1. The van der Waals surface area contributed by atoms with Gasteiger partial charge in [0.1, 0.15) is 17.0 Å². The molecule has 4 rings (SSSR count). The second-order valence-corrected chi connectivity index (χ2v) is 8.78. The number of rotatable bonds is 6. The van der Waals surface area contributed by atoms with E-state index in [1.807, 2.05) is 18.4 Å². The summed E-state index contributed by atoms with van der Waals surface area (Å²) in [5.74, 6) is -1.66. The van der Waals surface area contributed by atoms with E-state index in [0.29, 0.717) is 37.0 Å². The van der Waals surface area contributed by atoms with Crippen molar-refractivity contribution in [3.63, 3.8) is 0 Å². The van der Waals surface area contributed by atoms with Gasteiger partial charge in [-0.05, 0) is 52.2 Å². The Balaban J connectivity index is 1.61. The molecule has 1 aliphatic rings. The van der Waals surface area contributed by atoms with Crippen molar-refractivity contribution in [1.29, 1.82) is 0 Å². The summed E-state index contributed by atoms with van der Waals surface area (Å²) < 4.78 is 36.4. The van der Waals surface area contributed by atoms with Crippen LogP contribution < -0.4 is 5.32 Å². The van der Waals surface area contributed by atoms with Crippen LogP contribution in [0.15, 0.2) is 18.3 Å². The van der Waals surface area contributed by atoms with Crippen molar-refractivity contribution in [2.75, 3.05) is 5.32 Å². The number of nitrogens with one attached hydrogen (secondary N) is 1. The summed E-state index contributed by atoms with van der Waals surface area (Å²) in [7, 11) is 0. The summed E-state index contributed by atoms with van der Waals surface area (Å²) in [4.78, 5) is 25.0. The highest BCUT2D eigenvalue weighted by molar-refractivity contribution is 5.91. The first-order valence-electron chi connectivity index (χ1n) is 11.2. The van der Waals surface area contributed by atoms with Crippen LogP contribution in [0.25, 0.3) is 22.3 Å². The number of hydrogen-bond donors (Lipinski definition) is 3. The molecule has 0 bridgehead atoms. The fourth-order valence-corrected chi connectivity index (χ4v) is 4.58. The van der Waals surface area contributed by atoms with E-state index in [4.69, 9.17) is 14.9 Å². The minimum atomic E-state index is -1.90. The Bertz CT molecular complexity index is 1210. The van der Waals surface area contributed by atoms with Crippen molar-refractivity contribution in [1.82, 2.24) is 19.5 Å². The molecule has 2 atom stereocenters. The van der Waals surface area contributed by atoms with E-state index in [1.165, 1.54) is 6.07 Å². The maximum atomic E-state index is 14.8. The molecule has 3 N–H and O–H groups in total. The van der Waals surface area contributed by atoms with Gasteiger partial charge in [0, 0.05) is 17.5 Å². The van der Waals surface area contributed by atoms with Crippen LogP contribution >= 0.6 is 0 Å². The highest BCUT2D eigenvalue weighted by Gasteiger charge is 2.29. The summed E-state index contributed by atoms with van der Waals surface area (Å²) in [6.45, 7) is 3.77. The number of halogens is 2. The Labute approximate surface area is 194 Å². The van der Waals surface area contributed by atoms with Crippen LogP contribution in [0, 0.1) is 24.5 Å². The van der Waals surface area contributed by atoms with Crippen LogP contribution in [0.5, 0.6) is 0 Å². The topological polar surface area (TPSA) is 122 Å². The number of hydrogen-bond acceptors (Lipinski definition) is 7. The minimum absolute atomic E-state index is 0.0139. The average Bonchev–Trinajstić information content (AvgIpc) is 3.11. The number of nitrogens with zero attached hydrogens (tertiary/aromatic N) is 4. The van der Waals surface area contributed by atoms with Gasteiger partial charge in [0.25, 0.3) is 6.48 Å². The molecule has 0 unspecified atom stereocenters. The first kappa shape index (κ1) is 24.1. The molecule has 1 saturated carbocycles. The van der Waals surface area contributed by atoms with Crippen molar-refractivity contribution in [2.45, 2.75) is 65.1 Å². The van der Waals surface area contributed by atoms with Crippen LogP contribution in [0.2, 0.25) is 0 Å². The van der Waals surface area contributed by atoms with E-state index in [-0.39, 0.29) is 34.7 Å². The minimum Gasteiger partial charge on any atom is -0.346 e. The molecule has 1 aromatic carbocycles. The first-order valence-corrected chi connectivity index (χ1v) is 11.2. The van der Waals surface area contributed by atoms with Gasteiger partial charge in [0.2, 0.25) is 11.9 Å². The molecule has 1 aliphatic carbocycles. The lowest BCUT2D eigenvalue weighted by Crippen LogP contribution is -2.33. The van der Waals surface area contributed by atoms with Crippen molar-refractivity contribution < 1.29 is 28.5 Å². The van der Waals surface area contributed by atoms with Gasteiger partial charge in [0.15, 0.2) is 11.6 Å². The smallest absolute Gasteiger partial charge is 0.266 e. The van der Waals surface area contributed by atoms with Gasteiger partial charge in [-0.3, -0.25) is 10.1 Å². The zero-order valence-electron chi connectivity index (χ0n) is 19.1. The van der Waals surface area contributed by atoms with Crippen LogP contribution in [-0.2, 0) is 9.53 Å². The molecule has 3 aromatic rings. The zero-order chi connectivity index (χ0) is 24.6. The van der Waals surface area contributed by atoms with Gasteiger partial charge in [0.05, 0.1) is 17.8 Å². The number of ether oxygens (including phenoxy) is 1. The highest BCUT2D eigenvalue weighted by Crippen LogP contribution is 2.31. The third kappa shape index (κ3) is 4.91. The van der Waals surface area contributed by atoms with Gasteiger partial charge in [-0.2, -0.15) is 0 Å². The molecular weight excluding hydrogens is 448 g/mol. The fraction of sp³-hybridized carbons (Fsp3) is 0.478. The maximum absolute atomic E-state index is 14.8. The molecule has 0 radical (unpaired) electrons. The second kappa shape index (κ2) is 9.69. The third-order valence-electron chi connectivity index (χ3n) is 6.01. The van der Waals surface area contributed by atoms with Crippen LogP contribution in [0.1, 0.15) is 51.4 Å². The Morgan fingerprint density at radius 2 is 1.97 bits per heavy atom. The predicted octanol–water partition coefficient (Wildman–Crippen LogP) is 3.44. The average molecular weight is 475 g/mol. The molecular formula is C23H27F2N5O4. The molecule has 9 nitrogen and oxygen atoms in total. The number of carbonyl (C=O) groups excluding carboxylic acids is 1. The normalized spacial score (nSPS) is 18.7. The molecule has 0 spiro atoms. The molecule has 0 aliphatic heterocycles. The lowest BCUT2D eigenvalue weighted by atomic mass is 9.86. The largest absolute Gasteiger partial charge is 0.346 e. The van der Waals surface area contributed by atoms with Crippen molar-refractivity contribution in [3.8, 4) is 11.3 Å². The van der Waals surface area contributed by atoms with E-state index in [2.05, 4.69) is 20.3 Å². The number of anilines is 1. The third-order valence-corrected chi connectivity index (χ3v) is 6.01. The second-order valence-electron chi connectivity index (χ2n) is 8.78.